The third-order valence-electron chi connectivity index (χ3n) is 3.19. The molecule has 0 radical (unpaired) electrons. The minimum atomic E-state index is -0.128. The van der Waals surface area contributed by atoms with Crippen LogP contribution in [-0.4, -0.2) is 12.1 Å². The van der Waals surface area contributed by atoms with E-state index in [4.69, 9.17) is 4.74 Å². The van der Waals surface area contributed by atoms with E-state index >= 15 is 0 Å². The molecule has 2 fully saturated rings. The summed E-state index contributed by atoms with van der Waals surface area (Å²) < 4.78 is 5.26. The van der Waals surface area contributed by atoms with Gasteiger partial charge in [-0.25, -0.2) is 0 Å². The standard InChI is InChI=1S/C9H14O2/c1-6-3-4-9(2)5-7(6)11-8(9)10/h6-7H,3-5H2,1-2H3/t6-,7+,9-/m1/s1. The Balaban J connectivity index is 2.24. The van der Waals surface area contributed by atoms with Crippen LogP contribution in [0, 0.1) is 11.3 Å². The molecule has 0 unspecified atom stereocenters. The normalized spacial score (nSPS) is 49.1. The van der Waals surface area contributed by atoms with Crippen LogP contribution in [0.25, 0.3) is 0 Å². The van der Waals surface area contributed by atoms with Crippen LogP contribution in [0.4, 0.5) is 0 Å². The molecule has 0 spiro atoms. The van der Waals surface area contributed by atoms with Gasteiger partial charge in [-0.2, -0.15) is 0 Å². The Morgan fingerprint density at radius 2 is 2.36 bits per heavy atom. The summed E-state index contributed by atoms with van der Waals surface area (Å²) in [4.78, 5) is 11.3. The van der Waals surface area contributed by atoms with Gasteiger partial charge in [0.1, 0.15) is 6.10 Å². The molecule has 0 aromatic heterocycles. The number of hydrogen-bond acceptors (Lipinski definition) is 2. The Morgan fingerprint density at radius 3 is 3.00 bits per heavy atom. The minimum Gasteiger partial charge on any atom is -0.462 e. The highest BCUT2D eigenvalue weighted by Gasteiger charge is 2.50. The smallest absolute Gasteiger partial charge is 0.312 e. The van der Waals surface area contributed by atoms with Gasteiger partial charge >= 0.3 is 5.97 Å². The first kappa shape index (κ1) is 7.14. The molecular formula is C9H14O2. The van der Waals surface area contributed by atoms with Gasteiger partial charge in [0.15, 0.2) is 0 Å². The molecule has 1 aliphatic carbocycles. The van der Waals surface area contributed by atoms with Gasteiger partial charge in [0.25, 0.3) is 0 Å². The molecule has 1 saturated carbocycles. The van der Waals surface area contributed by atoms with Crippen LogP contribution in [0.2, 0.25) is 0 Å². The van der Waals surface area contributed by atoms with Gasteiger partial charge < -0.3 is 4.74 Å². The van der Waals surface area contributed by atoms with E-state index in [1.165, 1.54) is 0 Å². The second-order valence-corrected chi connectivity index (χ2v) is 4.22. The van der Waals surface area contributed by atoms with Gasteiger partial charge in [-0.05, 0) is 25.7 Å². The highest BCUT2D eigenvalue weighted by molar-refractivity contribution is 5.79. The van der Waals surface area contributed by atoms with Crippen LogP contribution < -0.4 is 0 Å². The average molecular weight is 154 g/mol. The van der Waals surface area contributed by atoms with Crippen LogP contribution in [0.15, 0.2) is 0 Å². The molecule has 2 bridgehead atoms. The van der Waals surface area contributed by atoms with Crippen molar-refractivity contribution in [1.82, 2.24) is 0 Å². The highest BCUT2D eigenvalue weighted by atomic mass is 16.6. The highest BCUT2D eigenvalue weighted by Crippen LogP contribution is 2.46. The van der Waals surface area contributed by atoms with E-state index in [-0.39, 0.29) is 17.5 Å². The van der Waals surface area contributed by atoms with E-state index < -0.39 is 0 Å². The minimum absolute atomic E-state index is 0.0341. The maximum Gasteiger partial charge on any atom is 0.312 e. The summed E-state index contributed by atoms with van der Waals surface area (Å²) in [6.45, 7) is 4.20. The van der Waals surface area contributed by atoms with Gasteiger partial charge in [-0.3, -0.25) is 4.79 Å². The number of esters is 1. The van der Waals surface area contributed by atoms with Crippen LogP contribution in [0.3, 0.4) is 0 Å². The zero-order valence-electron chi connectivity index (χ0n) is 7.09. The van der Waals surface area contributed by atoms with E-state index in [9.17, 15) is 4.79 Å². The predicted octanol–water partition coefficient (Wildman–Crippen LogP) is 1.74. The third-order valence-corrected chi connectivity index (χ3v) is 3.19. The van der Waals surface area contributed by atoms with E-state index in [1.54, 1.807) is 0 Å². The van der Waals surface area contributed by atoms with Crippen molar-refractivity contribution in [1.29, 1.82) is 0 Å². The number of ether oxygens (including phenoxy) is 1. The quantitative estimate of drug-likeness (QED) is 0.497. The van der Waals surface area contributed by atoms with Gasteiger partial charge in [0.05, 0.1) is 5.41 Å². The topological polar surface area (TPSA) is 26.3 Å². The molecule has 1 saturated heterocycles. The molecule has 0 aromatic rings. The Kier molecular flexibility index (Phi) is 1.29. The number of rotatable bonds is 0. The third kappa shape index (κ3) is 0.883. The summed E-state index contributed by atoms with van der Waals surface area (Å²) in [5.74, 6) is 0.612. The Hall–Kier alpha value is -0.530. The lowest BCUT2D eigenvalue weighted by atomic mass is 9.73. The monoisotopic (exact) mass is 154 g/mol. The van der Waals surface area contributed by atoms with Crippen LogP contribution in [0.1, 0.15) is 33.1 Å². The lowest BCUT2D eigenvalue weighted by Crippen LogP contribution is -2.27. The van der Waals surface area contributed by atoms with Crippen molar-refractivity contribution in [2.75, 3.05) is 0 Å². The first-order valence-electron chi connectivity index (χ1n) is 4.33. The summed E-state index contributed by atoms with van der Waals surface area (Å²) in [6.07, 6.45) is 3.34. The van der Waals surface area contributed by atoms with E-state index in [2.05, 4.69) is 6.92 Å². The SMILES string of the molecule is C[C@@H]1CC[C@]2(C)C[C@@H]1OC2=O. The Morgan fingerprint density at radius 1 is 1.64 bits per heavy atom. The average Bonchev–Trinajstić information content (AvgIpc) is 2.20. The molecule has 3 atom stereocenters. The molecule has 0 N–H and O–H groups in total. The Labute approximate surface area is 66.9 Å². The van der Waals surface area contributed by atoms with Crippen molar-refractivity contribution < 1.29 is 9.53 Å². The molecule has 11 heavy (non-hydrogen) atoms. The number of carbonyl (C=O) groups excluding carboxylic acids is 1. The molecule has 1 heterocycles. The maximum absolute atomic E-state index is 11.3. The van der Waals surface area contributed by atoms with Crippen LogP contribution >= 0.6 is 0 Å². The molecule has 2 heteroatoms. The Bertz CT molecular complexity index is 200. The first-order valence-corrected chi connectivity index (χ1v) is 4.33. The van der Waals surface area contributed by atoms with Crippen LogP contribution in [0.5, 0.6) is 0 Å². The molecule has 0 amide bonds. The van der Waals surface area contributed by atoms with Crippen molar-refractivity contribution in [3.05, 3.63) is 0 Å². The van der Waals surface area contributed by atoms with E-state index in [0.717, 1.165) is 19.3 Å². The summed E-state index contributed by atoms with van der Waals surface area (Å²) in [5, 5.41) is 0. The second-order valence-electron chi connectivity index (χ2n) is 4.22. The fourth-order valence-electron chi connectivity index (χ4n) is 2.10. The molecule has 2 rings (SSSR count). The molecule has 62 valence electrons. The lowest BCUT2D eigenvalue weighted by Gasteiger charge is -2.27. The van der Waals surface area contributed by atoms with E-state index in [0.29, 0.717) is 5.92 Å². The van der Waals surface area contributed by atoms with Crippen molar-refractivity contribution >= 4 is 5.97 Å². The van der Waals surface area contributed by atoms with Gasteiger partial charge in [0.2, 0.25) is 0 Å². The zero-order chi connectivity index (χ0) is 8.06. The fourth-order valence-corrected chi connectivity index (χ4v) is 2.10. The molecule has 2 aliphatic rings. The summed E-state index contributed by atoms with van der Waals surface area (Å²) in [5.41, 5.74) is -0.128. The summed E-state index contributed by atoms with van der Waals surface area (Å²) in [7, 11) is 0. The molecule has 0 aromatic carbocycles. The predicted molar refractivity (Wildman–Crippen MR) is 41.0 cm³/mol. The van der Waals surface area contributed by atoms with E-state index in [1.807, 2.05) is 6.92 Å². The van der Waals surface area contributed by atoms with Gasteiger partial charge in [-0.15, -0.1) is 0 Å². The van der Waals surface area contributed by atoms with Crippen molar-refractivity contribution in [3.8, 4) is 0 Å². The summed E-state index contributed by atoms with van der Waals surface area (Å²) >= 11 is 0. The molecule has 2 nitrogen and oxygen atoms in total. The fraction of sp³-hybridized carbons (Fsp3) is 0.889. The van der Waals surface area contributed by atoms with Gasteiger partial charge in [-0.1, -0.05) is 6.92 Å². The first-order chi connectivity index (χ1) is 5.12. The molecular weight excluding hydrogens is 140 g/mol. The number of carbonyl (C=O) groups is 1. The van der Waals surface area contributed by atoms with Crippen molar-refractivity contribution in [2.45, 2.75) is 39.2 Å². The second kappa shape index (κ2) is 1.99. The van der Waals surface area contributed by atoms with Gasteiger partial charge in [0, 0.05) is 6.42 Å². The number of fused-ring (bicyclic) bond motifs is 2. The van der Waals surface area contributed by atoms with Crippen molar-refractivity contribution in [3.63, 3.8) is 0 Å². The van der Waals surface area contributed by atoms with Crippen LogP contribution in [-0.2, 0) is 9.53 Å². The largest absolute Gasteiger partial charge is 0.462 e. The maximum atomic E-state index is 11.3. The number of hydrogen-bond donors (Lipinski definition) is 0. The zero-order valence-corrected chi connectivity index (χ0v) is 7.09. The molecule has 1 aliphatic heterocycles. The summed E-state index contributed by atoms with van der Waals surface area (Å²) in [6, 6.07) is 0. The van der Waals surface area contributed by atoms with Crippen molar-refractivity contribution in [2.24, 2.45) is 11.3 Å². The lowest BCUT2D eigenvalue weighted by molar-refractivity contribution is -0.147.